The molecule has 3 rings (SSSR count). The van der Waals surface area contributed by atoms with E-state index >= 15 is 0 Å². The van der Waals surface area contributed by atoms with Crippen LogP contribution in [0.2, 0.25) is 0 Å². The number of hydrogen-bond acceptors (Lipinski definition) is 5. The lowest BCUT2D eigenvalue weighted by Gasteiger charge is -2.40. The van der Waals surface area contributed by atoms with Gasteiger partial charge in [0, 0.05) is 32.2 Å². The molecule has 0 spiro atoms. The Morgan fingerprint density at radius 2 is 1.89 bits per heavy atom. The molecule has 0 aromatic heterocycles. The number of amides is 1. The minimum Gasteiger partial charge on any atom is -0.484 e. The van der Waals surface area contributed by atoms with Gasteiger partial charge in [-0.15, -0.1) is 0 Å². The quantitative estimate of drug-likeness (QED) is 0.385. The van der Waals surface area contributed by atoms with Gasteiger partial charge < -0.3 is 9.64 Å². The highest BCUT2D eigenvalue weighted by Crippen LogP contribution is 2.27. The largest absolute Gasteiger partial charge is 0.484 e. The van der Waals surface area contributed by atoms with Crippen molar-refractivity contribution in [1.82, 2.24) is 14.5 Å². The Bertz CT molecular complexity index is 1220. The first kappa shape index (κ1) is 28.6. The highest BCUT2D eigenvalue weighted by molar-refractivity contribution is 7.89. The Labute approximate surface area is 213 Å². The lowest BCUT2D eigenvalue weighted by Crippen LogP contribution is -2.54. The van der Waals surface area contributed by atoms with Crippen LogP contribution in [-0.2, 0) is 14.8 Å². The summed E-state index contributed by atoms with van der Waals surface area (Å²) < 4.78 is 83.6. The number of nitrogens with zero attached hydrogens (tertiary/aromatic N) is 2. The summed E-state index contributed by atoms with van der Waals surface area (Å²) >= 11 is 0. The molecule has 0 saturated carbocycles. The molecule has 1 aliphatic heterocycles. The first-order valence-corrected chi connectivity index (χ1v) is 13.0. The van der Waals surface area contributed by atoms with Crippen molar-refractivity contribution in [2.24, 2.45) is 0 Å². The molecule has 1 heterocycles. The molecule has 0 unspecified atom stereocenters. The number of aryl methyl sites for hydroxylation is 1. The van der Waals surface area contributed by atoms with E-state index < -0.39 is 34.7 Å². The van der Waals surface area contributed by atoms with Gasteiger partial charge in [-0.05, 0) is 61.4 Å². The van der Waals surface area contributed by atoms with E-state index in [9.17, 15) is 30.8 Å². The highest BCUT2D eigenvalue weighted by atomic mass is 32.2. The van der Waals surface area contributed by atoms with Gasteiger partial charge in [-0.25, -0.2) is 17.5 Å². The second-order valence-electron chi connectivity index (χ2n) is 8.87. The average molecular weight is 544 g/mol. The molecule has 0 radical (unpaired) electrons. The molecule has 1 fully saturated rings. The molecule has 0 bridgehead atoms. The molecular formula is C25H29F4N3O4S. The molecule has 2 aromatic rings. The molecule has 1 N–H and O–H groups in total. The lowest BCUT2D eigenvalue weighted by atomic mass is 10.0. The molecular weight excluding hydrogens is 514 g/mol. The fourth-order valence-corrected chi connectivity index (χ4v) is 5.03. The van der Waals surface area contributed by atoms with Crippen LogP contribution in [0, 0.1) is 12.7 Å². The second kappa shape index (κ2) is 11.6. The third-order valence-electron chi connectivity index (χ3n) is 6.04. The third kappa shape index (κ3) is 7.76. The van der Waals surface area contributed by atoms with Crippen molar-refractivity contribution in [2.75, 3.05) is 32.7 Å². The van der Waals surface area contributed by atoms with Gasteiger partial charge in [-0.3, -0.25) is 9.69 Å². The third-order valence-corrected chi connectivity index (χ3v) is 7.45. The van der Waals surface area contributed by atoms with Gasteiger partial charge in [0.2, 0.25) is 15.9 Å². The molecule has 1 saturated heterocycles. The van der Waals surface area contributed by atoms with Crippen LogP contribution in [0.25, 0.3) is 0 Å². The fourth-order valence-electron chi connectivity index (χ4n) is 4.02. The first-order chi connectivity index (χ1) is 17.3. The topological polar surface area (TPSA) is 79.0 Å². The van der Waals surface area contributed by atoms with Crippen molar-refractivity contribution in [3.05, 3.63) is 72.1 Å². The van der Waals surface area contributed by atoms with Crippen molar-refractivity contribution in [2.45, 2.75) is 37.1 Å². The summed E-state index contributed by atoms with van der Waals surface area (Å²) in [4.78, 5) is 15.5. The smallest absolute Gasteiger partial charge is 0.402 e. The van der Waals surface area contributed by atoms with Crippen LogP contribution in [0.1, 0.15) is 24.2 Å². The summed E-state index contributed by atoms with van der Waals surface area (Å²) in [5, 5.41) is 0. The van der Waals surface area contributed by atoms with Gasteiger partial charge >= 0.3 is 6.18 Å². The van der Waals surface area contributed by atoms with Crippen LogP contribution in [-0.4, -0.2) is 69.1 Å². The molecule has 1 amide bonds. The van der Waals surface area contributed by atoms with Gasteiger partial charge in [0.25, 0.3) is 0 Å². The summed E-state index contributed by atoms with van der Waals surface area (Å²) in [5.41, 5.74) is 1.03. The van der Waals surface area contributed by atoms with E-state index in [1.54, 1.807) is 24.0 Å². The van der Waals surface area contributed by atoms with Crippen LogP contribution < -0.4 is 9.46 Å². The van der Waals surface area contributed by atoms with E-state index in [2.05, 4.69) is 11.5 Å². The molecule has 37 heavy (non-hydrogen) atoms. The van der Waals surface area contributed by atoms with Crippen molar-refractivity contribution < 1.29 is 35.5 Å². The number of carbonyl (C=O) groups is 1. The van der Waals surface area contributed by atoms with Crippen molar-refractivity contribution in [3.63, 3.8) is 0 Å². The summed E-state index contributed by atoms with van der Waals surface area (Å²) in [5.74, 6) is -0.298. The highest BCUT2D eigenvalue weighted by Gasteiger charge is 2.31. The van der Waals surface area contributed by atoms with Crippen LogP contribution in [0.4, 0.5) is 17.6 Å². The number of nitrogens with one attached hydrogen (secondary N) is 1. The van der Waals surface area contributed by atoms with Gasteiger partial charge in [0.05, 0.1) is 4.90 Å². The summed E-state index contributed by atoms with van der Waals surface area (Å²) in [6.45, 7) is 7.35. The number of rotatable bonds is 9. The van der Waals surface area contributed by atoms with E-state index in [0.29, 0.717) is 37.3 Å². The van der Waals surface area contributed by atoms with Gasteiger partial charge in [-0.2, -0.15) is 13.2 Å². The lowest BCUT2D eigenvalue weighted by molar-refractivity contribution is -0.130. The monoisotopic (exact) mass is 543 g/mol. The Hall–Kier alpha value is -2.96. The molecule has 2 atom stereocenters. The van der Waals surface area contributed by atoms with E-state index in [4.69, 9.17) is 4.74 Å². The van der Waals surface area contributed by atoms with Crippen LogP contribution >= 0.6 is 0 Å². The molecule has 12 heteroatoms. The zero-order valence-corrected chi connectivity index (χ0v) is 21.3. The molecule has 7 nitrogen and oxygen atoms in total. The van der Waals surface area contributed by atoms with Gasteiger partial charge in [0.15, 0.2) is 0 Å². The molecule has 0 aliphatic carbocycles. The number of ether oxygens (including phenoxy) is 1. The number of alkyl halides is 3. The first-order valence-electron chi connectivity index (χ1n) is 11.5. The van der Waals surface area contributed by atoms with E-state index in [-0.39, 0.29) is 22.6 Å². The van der Waals surface area contributed by atoms with E-state index in [1.807, 2.05) is 6.92 Å². The Kier molecular flexibility index (Phi) is 8.98. The predicted molar refractivity (Wildman–Crippen MR) is 130 cm³/mol. The zero-order chi connectivity index (χ0) is 27.4. The minimum atomic E-state index is -4.69. The molecule has 202 valence electrons. The molecule has 2 aromatic carbocycles. The molecule has 1 aliphatic rings. The van der Waals surface area contributed by atoms with Crippen LogP contribution in [0.3, 0.4) is 0 Å². The maximum atomic E-state index is 14.4. The Balaban J connectivity index is 1.78. The SMILES string of the molecule is C=CC(=O)N1CCN(C[C@@H](Oc2ccc(S(=O)(=O)NCC(F)(F)F)cc2)c2ccc(C)c(F)c2)C[C@H]1C. The van der Waals surface area contributed by atoms with E-state index in [1.165, 1.54) is 29.0 Å². The predicted octanol–water partition coefficient (Wildman–Crippen LogP) is 3.81. The summed E-state index contributed by atoms with van der Waals surface area (Å²) in [6.07, 6.45) is -4.06. The number of sulfonamides is 1. The standard InChI is InChI=1S/C25H29F4N3O4S/c1-4-24(33)32-12-11-31(14-18(32)3)15-23(19-6-5-17(2)22(26)13-19)36-20-7-9-21(10-8-20)37(34,35)30-16-25(27,28)29/h4-10,13,18,23,30H,1,11-12,14-16H2,2-3H3/t18-,23-/m1/s1. The summed E-state index contributed by atoms with van der Waals surface area (Å²) in [7, 11) is -4.37. The van der Waals surface area contributed by atoms with Gasteiger partial charge in [-0.1, -0.05) is 18.7 Å². The van der Waals surface area contributed by atoms with Crippen molar-refractivity contribution in [1.29, 1.82) is 0 Å². The number of carbonyl (C=O) groups excluding carboxylic acids is 1. The Morgan fingerprint density at radius 3 is 2.46 bits per heavy atom. The average Bonchev–Trinajstić information content (AvgIpc) is 2.84. The van der Waals surface area contributed by atoms with E-state index in [0.717, 1.165) is 12.1 Å². The minimum absolute atomic E-state index is 0.0802. The van der Waals surface area contributed by atoms with Crippen LogP contribution in [0.15, 0.2) is 60.0 Å². The normalized spacial score (nSPS) is 17.9. The number of benzene rings is 2. The van der Waals surface area contributed by atoms with Gasteiger partial charge in [0.1, 0.15) is 24.2 Å². The second-order valence-corrected chi connectivity index (χ2v) is 10.6. The van der Waals surface area contributed by atoms with Crippen LogP contribution in [0.5, 0.6) is 5.75 Å². The zero-order valence-electron chi connectivity index (χ0n) is 20.5. The maximum absolute atomic E-state index is 14.4. The Morgan fingerprint density at radius 1 is 1.22 bits per heavy atom. The number of halogens is 4. The van der Waals surface area contributed by atoms with Crippen molar-refractivity contribution >= 4 is 15.9 Å². The van der Waals surface area contributed by atoms with Crippen molar-refractivity contribution in [3.8, 4) is 5.75 Å². The maximum Gasteiger partial charge on any atom is 0.402 e. The summed E-state index contributed by atoms with van der Waals surface area (Å²) in [6, 6.07) is 9.62. The number of piperazine rings is 1. The number of hydrogen-bond donors (Lipinski definition) is 1. The fraction of sp³-hybridized carbons (Fsp3) is 0.400.